The molecule has 0 spiro atoms. The molecule has 1 atom stereocenters. The van der Waals surface area contributed by atoms with Gasteiger partial charge in [-0.15, -0.1) is 11.6 Å². The summed E-state index contributed by atoms with van der Waals surface area (Å²) >= 11 is 11.9. The molecule has 1 aromatic rings. The first-order chi connectivity index (χ1) is 9.90. The van der Waals surface area contributed by atoms with Gasteiger partial charge in [0.15, 0.2) is 0 Å². The Kier molecular flexibility index (Phi) is 5.54. The average Bonchev–Trinajstić information content (AvgIpc) is 2.47. The van der Waals surface area contributed by atoms with Crippen LogP contribution >= 0.6 is 23.2 Å². The summed E-state index contributed by atoms with van der Waals surface area (Å²) in [5.74, 6) is 0.264. The lowest BCUT2D eigenvalue weighted by Crippen LogP contribution is -2.52. The van der Waals surface area contributed by atoms with Gasteiger partial charge >= 0.3 is 0 Å². The van der Waals surface area contributed by atoms with Crippen LogP contribution in [0.5, 0.6) is 0 Å². The number of hydrogen-bond donors (Lipinski definition) is 0. The Hall–Kier alpha value is -0.330. The van der Waals surface area contributed by atoms with Gasteiger partial charge in [0.25, 0.3) is 0 Å². The Balaban J connectivity index is 2.34. The van der Waals surface area contributed by atoms with Crippen LogP contribution in [0.3, 0.4) is 0 Å². The largest absolute Gasteiger partial charge is 0.301 e. The second-order valence-corrected chi connectivity index (χ2v) is 7.88. The third-order valence-electron chi connectivity index (χ3n) is 3.98. The zero-order chi connectivity index (χ0) is 15.6. The fourth-order valence-corrected chi connectivity index (χ4v) is 4.70. The fraction of sp³-hybridized carbons (Fsp3) is 0.571. The molecule has 0 saturated carbocycles. The molecule has 0 aliphatic carbocycles. The number of rotatable bonds is 4. The van der Waals surface area contributed by atoms with Gasteiger partial charge in [-0.2, -0.15) is 4.31 Å². The minimum atomic E-state index is -3.58. The van der Waals surface area contributed by atoms with E-state index in [9.17, 15) is 8.42 Å². The van der Waals surface area contributed by atoms with Crippen LogP contribution in [0.1, 0.15) is 18.9 Å². The molecule has 1 aromatic carbocycles. The molecule has 7 heteroatoms. The van der Waals surface area contributed by atoms with E-state index in [1.807, 2.05) is 7.05 Å². The highest BCUT2D eigenvalue weighted by Gasteiger charge is 2.33. The number of nitrogens with zero attached hydrogens (tertiary/aromatic N) is 2. The number of alkyl halides is 1. The quantitative estimate of drug-likeness (QED) is 0.784. The monoisotopic (exact) mass is 350 g/mol. The molecule has 1 aliphatic rings. The van der Waals surface area contributed by atoms with Gasteiger partial charge in [-0.1, -0.05) is 24.6 Å². The molecular weight excluding hydrogens is 331 g/mol. The number of halogens is 2. The summed E-state index contributed by atoms with van der Waals surface area (Å²) in [6.07, 6.45) is 0.915. The number of likely N-dealkylation sites (N-methyl/N-ethyl adjacent to an activating group) is 1. The highest BCUT2D eigenvalue weighted by Crippen LogP contribution is 2.28. The smallest absolute Gasteiger partial charge is 0.244 e. The van der Waals surface area contributed by atoms with E-state index in [0.717, 1.165) is 18.5 Å². The Labute approximate surface area is 136 Å². The van der Waals surface area contributed by atoms with Crippen molar-refractivity contribution in [3.05, 3.63) is 28.8 Å². The topological polar surface area (TPSA) is 40.6 Å². The summed E-state index contributed by atoms with van der Waals surface area (Å²) in [6, 6.07) is 5.15. The first-order valence-corrected chi connectivity index (χ1v) is 9.30. The van der Waals surface area contributed by atoms with Crippen LogP contribution in [-0.4, -0.2) is 50.3 Å². The lowest BCUT2D eigenvalue weighted by Gasteiger charge is -2.38. The summed E-state index contributed by atoms with van der Waals surface area (Å²) in [5.41, 5.74) is 0.751. The van der Waals surface area contributed by atoms with Crippen molar-refractivity contribution in [3.8, 4) is 0 Å². The Morgan fingerprint density at radius 2 is 2.05 bits per heavy atom. The number of sulfonamides is 1. The Bertz CT molecular complexity index is 607. The predicted molar refractivity (Wildman–Crippen MR) is 86.5 cm³/mol. The average molecular weight is 351 g/mol. The van der Waals surface area contributed by atoms with Crippen molar-refractivity contribution in [2.24, 2.45) is 0 Å². The fourth-order valence-electron chi connectivity index (χ4n) is 2.54. The van der Waals surface area contributed by atoms with Crippen molar-refractivity contribution in [1.29, 1.82) is 0 Å². The minimum Gasteiger partial charge on any atom is -0.301 e. The van der Waals surface area contributed by atoms with Crippen LogP contribution in [0.15, 0.2) is 23.1 Å². The summed E-state index contributed by atoms with van der Waals surface area (Å²) in [7, 11) is -1.55. The third-order valence-corrected chi connectivity index (χ3v) is 6.63. The van der Waals surface area contributed by atoms with Crippen LogP contribution in [0.2, 0.25) is 5.02 Å². The highest BCUT2D eigenvalue weighted by molar-refractivity contribution is 7.89. The van der Waals surface area contributed by atoms with Gasteiger partial charge in [0, 0.05) is 31.6 Å². The number of hydrogen-bond acceptors (Lipinski definition) is 3. The zero-order valence-corrected chi connectivity index (χ0v) is 14.5. The van der Waals surface area contributed by atoms with Crippen LogP contribution in [0.25, 0.3) is 0 Å². The van der Waals surface area contributed by atoms with E-state index in [1.165, 1.54) is 4.31 Å². The lowest BCUT2D eigenvalue weighted by molar-refractivity contribution is 0.144. The van der Waals surface area contributed by atoms with Gasteiger partial charge < -0.3 is 4.90 Å². The number of benzene rings is 1. The lowest BCUT2D eigenvalue weighted by atomic mass is 10.1. The van der Waals surface area contributed by atoms with E-state index in [0.29, 0.717) is 13.1 Å². The minimum absolute atomic E-state index is 0.154. The van der Waals surface area contributed by atoms with E-state index in [-0.39, 0.29) is 21.8 Å². The van der Waals surface area contributed by atoms with Crippen molar-refractivity contribution in [2.75, 3.05) is 26.7 Å². The molecule has 0 aromatic heterocycles. The van der Waals surface area contributed by atoms with E-state index in [1.54, 1.807) is 18.2 Å². The molecule has 2 rings (SSSR count). The maximum Gasteiger partial charge on any atom is 0.244 e. The number of piperazine rings is 1. The molecule has 21 heavy (non-hydrogen) atoms. The molecular formula is C14H20Cl2N2O2S. The molecule has 0 radical (unpaired) electrons. The van der Waals surface area contributed by atoms with Crippen LogP contribution < -0.4 is 0 Å². The Morgan fingerprint density at radius 1 is 1.33 bits per heavy atom. The molecule has 118 valence electrons. The Morgan fingerprint density at radius 3 is 2.67 bits per heavy atom. The molecule has 1 heterocycles. The van der Waals surface area contributed by atoms with Gasteiger partial charge in [-0.05, 0) is 31.2 Å². The van der Waals surface area contributed by atoms with Gasteiger partial charge in [-0.25, -0.2) is 8.42 Å². The summed E-state index contributed by atoms with van der Waals surface area (Å²) < 4.78 is 27.2. The molecule has 1 fully saturated rings. The second kappa shape index (κ2) is 6.84. The van der Waals surface area contributed by atoms with Crippen molar-refractivity contribution in [3.63, 3.8) is 0 Å². The third kappa shape index (κ3) is 3.54. The van der Waals surface area contributed by atoms with Gasteiger partial charge in [0.05, 0.1) is 5.02 Å². The molecule has 0 bridgehead atoms. The van der Waals surface area contributed by atoms with Crippen molar-refractivity contribution in [2.45, 2.75) is 30.2 Å². The van der Waals surface area contributed by atoms with E-state index < -0.39 is 10.0 Å². The molecule has 1 unspecified atom stereocenters. The molecule has 1 aliphatic heterocycles. The zero-order valence-electron chi connectivity index (χ0n) is 12.2. The predicted octanol–water partition coefficient (Wildman–Crippen LogP) is 2.79. The molecule has 0 N–H and O–H groups in total. The summed E-state index contributed by atoms with van der Waals surface area (Å²) in [5, 5.41) is 0.246. The molecule has 0 amide bonds. The first kappa shape index (κ1) is 17.0. The SMILES string of the molecule is CCC1CN(S(=O)(=O)c2cc(CCl)ccc2Cl)CCN1C. The van der Waals surface area contributed by atoms with E-state index >= 15 is 0 Å². The summed E-state index contributed by atoms with van der Waals surface area (Å²) in [4.78, 5) is 2.35. The van der Waals surface area contributed by atoms with E-state index in [4.69, 9.17) is 23.2 Å². The van der Waals surface area contributed by atoms with Gasteiger partial charge in [-0.3, -0.25) is 0 Å². The summed E-state index contributed by atoms with van der Waals surface area (Å²) in [6.45, 7) is 3.77. The van der Waals surface area contributed by atoms with Gasteiger partial charge in [0.2, 0.25) is 10.0 Å². The van der Waals surface area contributed by atoms with Gasteiger partial charge in [0.1, 0.15) is 4.90 Å². The van der Waals surface area contributed by atoms with Crippen LogP contribution in [-0.2, 0) is 15.9 Å². The van der Waals surface area contributed by atoms with Crippen molar-refractivity contribution < 1.29 is 8.42 Å². The van der Waals surface area contributed by atoms with E-state index in [2.05, 4.69) is 11.8 Å². The normalized spacial score (nSPS) is 21.6. The van der Waals surface area contributed by atoms with Crippen molar-refractivity contribution >= 4 is 33.2 Å². The molecule has 4 nitrogen and oxygen atoms in total. The first-order valence-electron chi connectivity index (χ1n) is 6.95. The maximum atomic E-state index is 12.8. The highest BCUT2D eigenvalue weighted by atomic mass is 35.5. The van der Waals surface area contributed by atoms with Crippen molar-refractivity contribution in [1.82, 2.24) is 9.21 Å². The maximum absolute atomic E-state index is 12.8. The second-order valence-electron chi connectivity index (χ2n) is 5.30. The van der Waals surface area contributed by atoms with Crippen LogP contribution in [0.4, 0.5) is 0 Å². The van der Waals surface area contributed by atoms with Crippen LogP contribution in [0, 0.1) is 0 Å². The molecule has 1 saturated heterocycles. The standard InChI is InChI=1S/C14H20Cl2N2O2S/c1-3-12-10-18(7-6-17(12)2)21(19,20)14-8-11(9-15)4-5-13(14)16/h4-5,8,12H,3,6-7,9-10H2,1-2H3.